The summed E-state index contributed by atoms with van der Waals surface area (Å²) in [4.78, 5) is 14.1. The van der Waals surface area contributed by atoms with Gasteiger partial charge in [-0.15, -0.1) is 0 Å². The van der Waals surface area contributed by atoms with E-state index in [1.165, 1.54) is 28.6 Å². The first-order chi connectivity index (χ1) is 11.5. The summed E-state index contributed by atoms with van der Waals surface area (Å²) in [7, 11) is -3.50. The van der Waals surface area contributed by atoms with Crippen LogP contribution < -0.4 is 0 Å². The lowest BCUT2D eigenvalue weighted by molar-refractivity contribution is -0.384. The molecule has 3 rings (SSSR count). The molecular formula is C16H17N3O4S. The molecule has 1 aliphatic heterocycles. The van der Waals surface area contributed by atoms with Crippen LogP contribution in [0.3, 0.4) is 0 Å². The van der Waals surface area contributed by atoms with Gasteiger partial charge in [0, 0.05) is 37.1 Å². The van der Waals surface area contributed by atoms with Crippen LogP contribution in [0.4, 0.5) is 5.69 Å². The predicted molar refractivity (Wildman–Crippen MR) is 88.6 cm³/mol. The Kier molecular flexibility index (Phi) is 4.59. The molecule has 8 heteroatoms. The van der Waals surface area contributed by atoms with Gasteiger partial charge in [0.15, 0.2) is 0 Å². The zero-order valence-corrected chi connectivity index (χ0v) is 13.7. The quantitative estimate of drug-likeness (QED) is 0.612. The summed E-state index contributed by atoms with van der Waals surface area (Å²) in [5, 5.41) is 10.7. The Morgan fingerprint density at radius 3 is 2.46 bits per heavy atom. The number of hydrogen-bond acceptors (Lipinski definition) is 5. The summed E-state index contributed by atoms with van der Waals surface area (Å²) in [6, 6.07) is 9.15. The molecule has 0 aliphatic carbocycles. The lowest BCUT2D eigenvalue weighted by atomic mass is 10.1. The Balaban J connectivity index is 1.80. The van der Waals surface area contributed by atoms with Crippen LogP contribution in [0, 0.1) is 10.1 Å². The smallest absolute Gasteiger partial charge is 0.265 e. The molecule has 1 fully saturated rings. The standard InChI is InChI=1S/C16H17N3O4S/c20-19(21)15-5-3-13(4-6-15)12-24(22,23)18-11-1-2-16(18)14-7-9-17-10-8-14/h3-10,16H,1-2,11-12H2/t16-/m1/s1. The normalized spacial score (nSPS) is 18.6. The van der Waals surface area contributed by atoms with Crippen molar-refractivity contribution < 1.29 is 13.3 Å². The van der Waals surface area contributed by atoms with Crippen molar-refractivity contribution in [2.45, 2.75) is 24.6 Å². The number of nitro benzene ring substituents is 1. The summed E-state index contributed by atoms with van der Waals surface area (Å²) >= 11 is 0. The van der Waals surface area contributed by atoms with Gasteiger partial charge >= 0.3 is 0 Å². The summed E-state index contributed by atoms with van der Waals surface area (Å²) in [6.45, 7) is 0.488. The van der Waals surface area contributed by atoms with Gasteiger partial charge in [-0.3, -0.25) is 15.1 Å². The molecule has 2 aromatic rings. The van der Waals surface area contributed by atoms with Gasteiger partial charge in [-0.1, -0.05) is 12.1 Å². The number of rotatable bonds is 5. The second-order valence-corrected chi connectivity index (χ2v) is 7.65. The fraction of sp³-hybridized carbons (Fsp3) is 0.312. The second kappa shape index (κ2) is 6.66. The molecule has 1 atom stereocenters. The first-order valence-corrected chi connectivity index (χ1v) is 9.21. The third-order valence-electron chi connectivity index (χ3n) is 4.15. The maximum absolute atomic E-state index is 12.8. The average Bonchev–Trinajstić information content (AvgIpc) is 3.06. The Morgan fingerprint density at radius 2 is 1.83 bits per heavy atom. The summed E-state index contributed by atoms with van der Waals surface area (Å²) in [5.74, 6) is -0.160. The van der Waals surface area contributed by atoms with Gasteiger partial charge < -0.3 is 0 Å². The van der Waals surface area contributed by atoms with E-state index in [1.807, 2.05) is 12.1 Å². The highest BCUT2D eigenvalue weighted by Crippen LogP contribution is 2.35. The fourth-order valence-corrected chi connectivity index (χ4v) is 4.80. The zero-order valence-electron chi connectivity index (χ0n) is 12.9. The number of non-ortho nitro benzene ring substituents is 1. The minimum Gasteiger partial charge on any atom is -0.265 e. The molecule has 0 N–H and O–H groups in total. The topological polar surface area (TPSA) is 93.4 Å². The summed E-state index contributed by atoms with van der Waals surface area (Å²) in [5.41, 5.74) is 1.43. The van der Waals surface area contributed by atoms with Crippen LogP contribution in [0.2, 0.25) is 0 Å². The predicted octanol–water partition coefficient (Wildman–Crippen LogP) is 2.66. The molecule has 0 amide bonds. The van der Waals surface area contributed by atoms with Crippen LogP contribution in [-0.4, -0.2) is 29.2 Å². The Hall–Kier alpha value is -2.32. The molecular weight excluding hydrogens is 330 g/mol. The van der Waals surface area contributed by atoms with Crippen LogP contribution in [0.1, 0.15) is 30.0 Å². The van der Waals surface area contributed by atoms with Gasteiger partial charge in [0.2, 0.25) is 10.0 Å². The molecule has 1 aromatic heterocycles. The van der Waals surface area contributed by atoms with E-state index in [0.717, 1.165) is 18.4 Å². The largest absolute Gasteiger partial charge is 0.269 e. The average molecular weight is 347 g/mol. The molecule has 0 bridgehead atoms. The van der Waals surface area contributed by atoms with E-state index in [1.54, 1.807) is 12.4 Å². The number of pyridine rings is 1. The Morgan fingerprint density at radius 1 is 1.17 bits per heavy atom. The summed E-state index contributed by atoms with van der Waals surface area (Å²) in [6.07, 6.45) is 4.92. The highest BCUT2D eigenvalue weighted by molar-refractivity contribution is 7.88. The third-order valence-corrected chi connectivity index (χ3v) is 6.00. The lowest BCUT2D eigenvalue weighted by Gasteiger charge is -2.24. The van der Waals surface area contributed by atoms with E-state index >= 15 is 0 Å². The van der Waals surface area contributed by atoms with Gasteiger partial charge in [-0.25, -0.2) is 8.42 Å². The number of sulfonamides is 1. The van der Waals surface area contributed by atoms with Crippen molar-refractivity contribution in [3.8, 4) is 0 Å². The van der Waals surface area contributed by atoms with Gasteiger partial charge in [-0.2, -0.15) is 4.31 Å². The first-order valence-electron chi connectivity index (χ1n) is 7.60. The Bertz CT molecular complexity index is 822. The van der Waals surface area contributed by atoms with Crippen molar-refractivity contribution in [1.82, 2.24) is 9.29 Å². The highest BCUT2D eigenvalue weighted by Gasteiger charge is 2.35. The zero-order chi connectivity index (χ0) is 17.2. The number of nitrogens with zero attached hydrogens (tertiary/aromatic N) is 3. The Labute approximate surface area is 140 Å². The second-order valence-electron chi connectivity index (χ2n) is 5.73. The van der Waals surface area contributed by atoms with Crippen molar-refractivity contribution in [1.29, 1.82) is 0 Å². The van der Waals surface area contributed by atoms with Crippen LogP contribution in [0.15, 0.2) is 48.8 Å². The SMILES string of the molecule is O=[N+]([O-])c1ccc(CS(=O)(=O)N2CCC[C@@H]2c2ccncc2)cc1. The maximum Gasteiger partial charge on any atom is 0.269 e. The lowest BCUT2D eigenvalue weighted by Crippen LogP contribution is -2.31. The van der Waals surface area contributed by atoms with Gasteiger partial charge in [0.05, 0.1) is 10.7 Å². The van der Waals surface area contributed by atoms with Crippen molar-refractivity contribution in [3.63, 3.8) is 0 Å². The summed E-state index contributed by atoms with van der Waals surface area (Å²) < 4.78 is 27.1. The number of aromatic nitrogens is 1. The van der Waals surface area contributed by atoms with Crippen LogP contribution >= 0.6 is 0 Å². The van der Waals surface area contributed by atoms with Crippen LogP contribution in [-0.2, 0) is 15.8 Å². The fourth-order valence-electron chi connectivity index (χ4n) is 3.00. The van der Waals surface area contributed by atoms with Gasteiger partial charge in [0.25, 0.3) is 5.69 Å². The van der Waals surface area contributed by atoms with Crippen molar-refractivity contribution in [2.24, 2.45) is 0 Å². The first kappa shape index (κ1) is 16.5. The monoisotopic (exact) mass is 347 g/mol. The minimum atomic E-state index is -3.50. The molecule has 7 nitrogen and oxygen atoms in total. The molecule has 24 heavy (non-hydrogen) atoms. The van der Waals surface area contributed by atoms with E-state index in [0.29, 0.717) is 12.1 Å². The van der Waals surface area contributed by atoms with E-state index in [-0.39, 0.29) is 17.5 Å². The molecule has 1 aromatic carbocycles. The molecule has 0 radical (unpaired) electrons. The highest BCUT2D eigenvalue weighted by atomic mass is 32.2. The van der Waals surface area contributed by atoms with Crippen LogP contribution in [0.25, 0.3) is 0 Å². The van der Waals surface area contributed by atoms with Crippen molar-refractivity contribution in [2.75, 3.05) is 6.54 Å². The van der Waals surface area contributed by atoms with E-state index < -0.39 is 14.9 Å². The van der Waals surface area contributed by atoms with Gasteiger partial charge in [0.1, 0.15) is 0 Å². The molecule has 0 saturated carbocycles. The maximum atomic E-state index is 12.8. The molecule has 0 unspecified atom stereocenters. The molecule has 2 heterocycles. The van der Waals surface area contributed by atoms with Crippen LogP contribution in [0.5, 0.6) is 0 Å². The molecule has 1 saturated heterocycles. The van der Waals surface area contributed by atoms with E-state index in [4.69, 9.17) is 0 Å². The molecule has 126 valence electrons. The van der Waals surface area contributed by atoms with E-state index in [9.17, 15) is 18.5 Å². The van der Waals surface area contributed by atoms with Crippen molar-refractivity contribution in [3.05, 3.63) is 70.0 Å². The van der Waals surface area contributed by atoms with Gasteiger partial charge in [-0.05, 0) is 36.1 Å². The molecule has 0 spiro atoms. The van der Waals surface area contributed by atoms with E-state index in [2.05, 4.69) is 4.98 Å². The minimum absolute atomic E-state index is 0.0491. The third kappa shape index (κ3) is 3.44. The number of nitro groups is 1. The van der Waals surface area contributed by atoms with Crippen molar-refractivity contribution >= 4 is 15.7 Å². The number of hydrogen-bond donors (Lipinski definition) is 0. The molecule has 1 aliphatic rings. The number of benzene rings is 1.